The summed E-state index contributed by atoms with van der Waals surface area (Å²) in [6.07, 6.45) is 2.34. The van der Waals surface area contributed by atoms with E-state index in [-0.39, 0.29) is 6.04 Å². The SMILES string of the molecule is CCOC1CC(N=C(N)N[C@H](C)COC)C1. The molecule has 0 spiro atoms. The molecule has 1 rings (SSSR count). The largest absolute Gasteiger partial charge is 0.383 e. The van der Waals surface area contributed by atoms with Gasteiger partial charge in [0, 0.05) is 19.8 Å². The fraction of sp³-hybridized carbons (Fsp3) is 0.909. The van der Waals surface area contributed by atoms with Gasteiger partial charge in [-0.3, -0.25) is 0 Å². The highest BCUT2D eigenvalue weighted by Gasteiger charge is 2.29. The van der Waals surface area contributed by atoms with Crippen molar-refractivity contribution in [2.75, 3.05) is 20.3 Å². The molecule has 0 radical (unpaired) electrons. The lowest BCUT2D eigenvalue weighted by Crippen LogP contribution is -2.43. The summed E-state index contributed by atoms with van der Waals surface area (Å²) in [5.74, 6) is 0.504. The van der Waals surface area contributed by atoms with E-state index in [1.807, 2.05) is 13.8 Å². The van der Waals surface area contributed by atoms with Crippen molar-refractivity contribution >= 4 is 5.96 Å². The monoisotopic (exact) mass is 229 g/mol. The minimum Gasteiger partial charge on any atom is -0.383 e. The second-order valence-electron chi connectivity index (χ2n) is 4.22. The number of nitrogens with two attached hydrogens (primary N) is 1. The third kappa shape index (κ3) is 4.37. The number of hydrogen-bond acceptors (Lipinski definition) is 3. The third-order valence-corrected chi connectivity index (χ3v) is 2.60. The maximum absolute atomic E-state index is 5.78. The molecule has 0 aromatic heterocycles. The van der Waals surface area contributed by atoms with Crippen molar-refractivity contribution in [1.82, 2.24) is 5.32 Å². The van der Waals surface area contributed by atoms with Gasteiger partial charge in [-0.05, 0) is 26.7 Å². The quantitative estimate of drug-likeness (QED) is 0.514. The number of rotatable bonds is 6. The molecular formula is C11H23N3O2. The van der Waals surface area contributed by atoms with Gasteiger partial charge in [-0.15, -0.1) is 0 Å². The van der Waals surface area contributed by atoms with E-state index in [9.17, 15) is 0 Å². The van der Waals surface area contributed by atoms with Gasteiger partial charge in [0.2, 0.25) is 0 Å². The van der Waals surface area contributed by atoms with E-state index in [1.54, 1.807) is 7.11 Å². The molecule has 16 heavy (non-hydrogen) atoms. The first-order valence-corrected chi connectivity index (χ1v) is 5.86. The average Bonchev–Trinajstić information content (AvgIpc) is 2.14. The van der Waals surface area contributed by atoms with E-state index in [0.29, 0.717) is 24.7 Å². The van der Waals surface area contributed by atoms with Gasteiger partial charge in [0.15, 0.2) is 5.96 Å². The van der Waals surface area contributed by atoms with Gasteiger partial charge in [0.1, 0.15) is 0 Å². The summed E-state index contributed by atoms with van der Waals surface area (Å²) < 4.78 is 10.5. The molecule has 3 N–H and O–H groups in total. The van der Waals surface area contributed by atoms with Gasteiger partial charge in [0.25, 0.3) is 0 Å². The topological polar surface area (TPSA) is 68.9 Å². The van der Waals surface area contributed by atoms with Gasteiger partial charge in [0.05, 0.1) is 18.8 Å². The standard InChI is InChI=1S/C11H23N3O2/c1-4-16-10-5-9(6-10)14-11(12)13-8(2)7-15-3/h8-10H,4-7H2,1-3H3,(H3,12,13,14)/t8-,9?,10?/m1/s1. The Hall–Kier alpha value is -0.810. The number of methoxy groups -OCH3 is 1. The Balaban J connectivity index is 2.19. The molecule has 1 aliphatic rings. The molecule has 0 bridgehead atoms. The van der Waals surface area contributed by atoms with E-state index < -0.39 is 0 Å². The molecule has 1 aliphatic carbocycles. The van der Waals surface area contributed by atoms with Crippen LogP contribution in [0.5, 0.6) is 0 Å². The Kier molecular flexibility index (Phi) is 5.55. The van der Waals surface area contributed by atoms with Crippen molar-refractivity contribution in [3.63, 3.8) is 0 Å². The maximum Gasteiger partial charge on any atom is 0.189 e. The highest BCUT2D eigenvalue weighted by molar-refractivity contribution is 5.78. The third-order valence-electron chi connectivity index (χ3n) is 2.60. The lowest BCUT2D eigenvalue weighted by atomic mass is 9.90. The van der Waals surface area contributed by atoms with Crippen LogP contribution in [0.4, 0.5) is 0 Å². The highest BCUT2D eigenvalue weighted by atomic mass is 16.5. The zero-order valence-electron chi connectivity index (χ0n) is 10.4. The highest BCUT2D eigenvalue weighted by Crippen LogP contribution is 2.25. The molecule has 0 saturated heterocycles. The van der Waals surface area contributed by atoms with E-state index in [2.05, 4.69) is 10.3 Å². The van der Waals surface area contributed by atoms with Crippen LogP contribution in [0.3, 0.4) is 0 Å². The Morgan fingerprint density at radius 1 is 1.56 bits per heavy atom. The summed E-state index contributed by atoms with van der Waals surface area (Å²) >= 11 is 0. The van der Waals surface area contributed by atoms with Gasteiger partial charge in [-0.25, -0.2) is 4.99 Å². The number of hydrogen-bond donors (Lipinski definition) is 2. The summed E-state index contributed by atoms with van der Waals surface area (Å²) in [4.78, 5) is 4.38. The van der Waals surface area contributed by atoms with Crippen LogP contribution in [0.1, 0.15) is 26.7 Å². The van der Waals surface area contributed by atoms with Crippen molar-refractivity contribution in [1.29, 1.82) is 0 Å². The average molecular weight is 229 g/mol. The first-order valence-electron chi connectivity index (χ1n) is 5.86. The smallest absolute Gasteiger partial charge is 0.189 e. The normalized spacial score (nSPS) is 27.3. The van der Waals surface area contributed by atoms with Crippen molar-refractivity contribution < 1.29 is 9.47 Å². The van der Waals surface area contributed by atoms with Crippen molar-refractivity contribution in [2.45, 2.75) is 44.9 Å². The second kappa shape index (κ2) is 6.70. The summed E-state index contributed by atoms with van der Waals surface area (Å²) in [7, 11) is 1.67. The second-order valence-corrected chi connectivity index (χ2v) is 4.22. The predicted octanol–water partition coefficient (Wildman–Crippen LogP) is 0.493. The number of nitrogens with one attached hydrogen (secondary N) is 1. The van der Waals surface area contributed by atoms with Crippen LogP contribution < -0.4 is 11.1 Å². The number of guanidine groups is 1. The minimum atomic E-state index is 0.191. The van der Waals surface area contributed by atoms with Crippen LogP contribution in [0.25, 0.3) is 0 Å². The van der Waals surface area contributed by atoms with Gasteiger partial charge >= 0.3 is 0 Å². The van der Waals surface area contributed by atoms with Crippen molar-refractivity contribution in [3.8, 4) is 0 Å². The molecule has 94 valence electrons. The fourth-order valence-corrected chi connectivity index (χ4v) is 1.79. The Labute approximate surface area is 97.4 Å². The molecule has 5 nitrogen and oxygen atoms in total. The number of nitrogens with zero attached hydrogens (tertiary/aromatic N) is 1. The first-order chi connectivity index (χ1) is 7.65. The Bertz CT molecular complexity index is 227. The number of ether oxygens (including phenoxy) is 2. The summed E-state index contributed by atoms with van der Waals surface area (Å²) in [6, 6.07) is 0.510. The van der Waals surface area contributed by atoms with E-state index in [0.717, 1.165) is 19.4 Å². The maximum atomic E-state index is 5.78. The van der Waals surface area contributed by atoms with Crippen LogP contribution in [-0.4, -0.2) is 44.5 Å². The van der Waals surface area contributed by atoms with Gasteiger partial charge in [-0.1, -0.05) is 0 Å². The zero-order valence-corrected chi connectivity index (χ0v) is 10.4. The van der Waals surface area contributed by atoms with Gasteiger partial charge in [-0.2, -0.15) is 0 Å². The molecule has 1 atom stereocenters. The van der Waals surface area contributed by atoms with E-state index in [1.165, 1.54) is 0 Å². The van der Waals surface area contributed by atoms with Gasteiger partial charge < -0.3 is 20.5 Å². The molecule has 0 amide bonds. The Morgan fingerprint density at radius 2 is 2.25 bits per heavy atom. The molecule has 0 aromatic carbocycles. The molecule has 1 fully saturated rings. The molecule has 0 unspecified atom stereocenters. The van der Waals surface area contributed by atoms with E-state index in [4.69, 9.17) is 15.2 Å². The van der Waals surface area contributed by atoms with Crippen LogP contribution in [0.15, 0.2) is 4.99 Å². The van der Waals surface area contributed by atoms with Crippen molar-refractivity contribution in [2.24, 2.45) is 10.7 Å². The summed E-state index contributed by atoms with van der Waals surface area (Å²) in [5, 5.41) is 3.09. The molecule has 0 aromatic rings. The molecule has 5 heteroatoms. The van der Waals surface area contributed by atoms with Crippen LogP contribution in [0, 0.1) is 0 Å². The Morgan fingerprint density at radius 3 is 2.81 bits per heavy atom. The molecule has 0 aliphatic heterocycles. The summed E-state index contributed by atoms with van der Waals surface area (Å²) in [5.41, 5.74) is 5.78. The molecule has 1 saturated carbocycles. The molecular weight excluding hydrogens is 206 g/mol. The lowest BCUT2D eigenvalue weighted by Gasteiger charge is -2.32. The van der Waals surface area contributed by atoms with Crippen molar-refractivity contribution in [3.05, 3.63) is 0 Å². The van der Waals surface area contributed by atoms with Crippen LogP contribution >= 0.6 is 0 Å². The minimum absolute atomic E-state index is 0.191. The van der Waals surface area contributed by atoms with Crippen LogP contribution in [-0.2, 0) is 9.47 Å². The fourth-order valence-electron chi connectivity index (χ4n) is 1.79. The number of aliphatic imine (C=N–C) groups is 1. The zero-order chi connectivity index (χ0) is 12.0. The lowest BCUT2D eigenvalue weighted by molar-refractivity contribution is -0.000791. The molecule has 0 heterocycles. The van der Waals surface area contributed by atoms with Crippen LogP contribution in [0.2, 0.25) is 0 Å². The first kappa shape index (κ1) is 13.3. The summed E-state index contributed by atoms with van der Waals surface area (Å²) in [6.45, 7) is 5.43. The predicted molar refractivity (Wildman–Crippen MR) is 64.5 cm³/mol. The van der Waals surface area contributed by atoms with E-state index >= 15 is 0 Å².